The van der Waals surface area contributed by atoms with E-state index in [0.29, 0.717) is 0 Å². The summed E-state index contributed by atoms with van der Waals surface area (Å²) in [7, 11) is 0. The lowest BCUT2D eigenvalue weighted by Crippen LogP contribution is -2.52. The van der Waals surface area contributed by atoms with Gasteiger partial charge in [0.05, 0.1) is 6.10 Å². The summed E-state index contributed by atoms with van der Waals surface area (Å²) in [6.45, 7) is 6.13. The summed E-state index contributed by atoms with van der Waals surface area (Å²) in [6.07, 6.45) is 3.54. The van der Waals surface area contributed by atoms with Crippen LogP contribution >= 0.6 is 0 Å². The molecule has 0 saturated heterocycles. The van der Waals surface area contributed by atoms with Gasteiger partial charge in [-0.1, -0.05) is 0 Å². The maximum Gasteiger partial charge on any atom is 0.246 e. The average molecular weight is 185 g/mol. The van der Waals surface area contributed by atoms with Gasteiger partial charge in [-0.2, -0.15) is 0 Å². The van der Waals surface area contributed by atoms with Gasteiger partial charge in [0.25, 0.3) is 0 Å². The topological polar surface area (TPSA) is 38.3 Å². The van der Waals surface area contributed by atoms with Gasteiger partial charge in [-0.25, -0.2) is 0 Å². The smallest absolute Gasteiger partial charge is 0.246 e. The Kier molecular flexibility index (Phi) is 3.31. The third-order valence-corrected chi connectivity index (χ3v) is 2.45. The lowest BCUT2D eigenvalue weighted by molar-refractivity contribution is -0.129. The van der Waals surface area contributed by atoms with Crippen molar-refractivity contribution < 1.29 is 9.53 Å². The molecule has 76 valence electrons. The number of amides is 1. The fourth-order valence-corrected chi connectivity index (χ4v) is 1.45. The Bertz CT molecular complexity index is 185. The number of hydrogen-bond donors (Lipinski definition) is 1. The quantitative estimate of drug-likeness (QED) is 0.720. The molecule has 1 amide bonds. The van der Waals surface area contributed by atoms with Crippen molar-refractivity contribution in [2.75, 3.05) is 6.61 Å². The summed E-state index contributed by atoms with van der Waals surface area (Å²) >= 11 is 0. The molecular weight excluding hydrogens is 166 g/mol. The van der Waals surface area contributed by atoms with Crippen LogP contribution < -0.4 is 5.32 Å². The van der Waals surface area contributed by atoms with Crippen LogP contribution in [0.3, 0.4) is 0 Å². The molecule has 0 atom stereocenters. The molecule has 1 aliphatic rings. The van der Waals surface area contributed by atoms with Gasteiger partial charge in [0.2, 0.25) is 5.91 Å². The Morgan fingerprint density at radius 3 is 2.54 bits per heavy atom. The molecule has 0 aromatic rings. The molecule has 1 N–H and O–H groups in total. The third-order valence-electron chi connectivity index (χ3n) is 2.45. The molecule has 0 radical (unpaired) electrons. The molecule has 1 rings (SSSR count). The fraction of sp³-hybridized carbons (Fsp3) is 0.900. The van der Waals surface area contributed by atoms with Crippen molar-refractivity contribution in [3.8, 4) is 0 Å². The SMILES string of the molecule is CC(C)OCC(=O)NC1(C)CCC1. The molecule has 0 aromatic carbocycles. The Hall–Kier alpha value is -0.570. The molecule has 1 fully saturated rings. The first kappa shape index (κ1) is 10.5. The van der Waals surface area contributed by atoms with Crippen LogP contribution in [0.4, 0.5) is 0 Å². The second-order valence-corrected chi connectivity index (χ2v) is 4.32. The molecule has 0 heterocycles. The highest BCUT2D eigenvalue weighted by molar-refractivity contribution is 5.78. The first-order chi connectivity index (χ1) is 6.02. The van der Waals surface area contributed by atoms with Gasteiger partial charge < -0.3 is 10.1 Å². The summed E-state index contributed by atoms with van der Waals surface area (Å²) < 4.78 is 5.21. The summed E-state index contributed by atoms with van der Waals surface area (Å²) in [4.78, 5) is 11.3. The van der Waals surface area contributed by atoms with Crippen LogP contribution in [-0.2, 0) is 9.53 Å². The zero-order valence-electron chi connectivity index (χ0n) is 8.72. The van der Waals surface area contributed by atoms with Crippen molar-refractivity contribution in [3.63, 3.8) is 0 Å². The van der Waals surface area contributed by atoms with Crippen molar-refractivity contribution >= 4 is 5.91 Å². The molecule has 0 spiro atoms. The van der Waals surface area contributed by atoms with Crippen LogP contribution in [0, 0.1) is 0 Å². The average Bonchev–Trinajstić information content (AvgIpc) is 1.98. The second-order valence-electron chi connectivity index (χ2n) is 4.32. The minimum atomic E-state index is 0.0101. The van der Waals surface area contributed by atoms with E-state index in [9.17, 15) is 4.79 Å². The van der Waals surface area contributed by atoms with E-state index < -0.39 is 0 Å². The van der Waals surface area contributed by atoms with Crippen molar-refractivity contribution in [2.24, 2.45) is 0 Å². The lowest BCUT2D eigenvalue weighted by atomic mass is 9.78. The summed E-state index contributed by atoms with van der Waals surface area (Å²) in [5.74, 6) is 0.0101. The molecule has 3 heteroatoms. The van der Waals surface area contributed by atoms with Gasteiger partial charge in [0.1, 0.15) is 6.61 Å². The Morgan fingerprint density at radius 1 is 1.54 bits per heavy atom. The Morgan fingerprint density at radius 2 is 2.15 bits per heavy atom. The third kappa shape index (κ3) is 3.35. The van der Waals surface area contributed by atoms with E-state index in [4.69, 9.17) is 4.74 Å². The van der Waals surface area contributed by atoms with Crippen molar-refractivity contribution in [3.05, 3.63) is 0 Å². The van der Waals surface area contributed by atoms with Crippen LogP contribution in [-0.4, -0.2) is 24.2 Å². The number of carbonyl (C=O) groups excluding carboxylic acids is 1. The van der Waals surface area contributed by atoms with Crippen molar-refractivity contribution in [1.82, 2.24) is 5.32 Å². The molecule has 13 heavy (non-hydrogen) atoms. The number of rotatable bonds is 4. The highest BCUT2D eigenvalue weighted by atomic mass is 16.5. The highest BCUT2D eigenvalue weighted by Gasteiger charge is 2.32. The van der Waals surface area contributed by atoms with Gasteiger partial charge in [-0.15, -0.1) is 0 Å². The standard InChI is InChI=1S/C10H19NO2/c1-8(2)13-7-9(12)11-10(3)5-4-6-10/h8H,4-7H2,1-3H3,(H,11,12). The zero-order chi connectivity index (χ0) is 9.90. The van der Waals surface area contributed by atoms with Crippen molar-refractivity contribution in [2.45, 2.75) is 51.7 Å². The summed E-state index contributed by atoms with van der Waals surface area (Å²) in [6, 6.07) is 0. The van der Waals surface area contributed by atoms with Crippen LogP contribution in [0.15, 0.2) is 0 Å². The van der Waals surface area contributed by atoms with E-state index in [0.717, 1.165) is 12.8 Å². The van der Waals surface area contributed by atoms with Gasteiger partial charge >= 0.3 is 0 Å². The molecule has 0 unspecified atom stereocenters. The maximum absolute atomic E-state index is 11.3. The van der Waals surface area contributed by atoms with Gasteiger partial charge in [0.15, 0.2) is 0 Å². The molecule has 0 aromatic heterocycles. The number of hydrogen-bond acceptors (Lipinski definition) is 2. The van der Waals surface area contributed by atoms with Crippen LogP contribution in [0.5, 0.6) is 0 Å². The maximum atomic E-state index is 11.3. The number of ether oxygens (including phenoxy) is 1. The molecule has 3 nitrogen and oxygen atoms in total. The van der Waals surface area contributed by atoms with E-state index in [1.54, 1.807) is 0 Å². The normalized spacial score (nSPS) is 19.7. The van der Waals surface area contributed by atoms with Crippen molar-refractivity contribution in [1.29, 1.82) is 0 Å². The van der Waals surface area contributed by atoms with E-state index in [1.807, 2.05) is 13.8 Å². The van der Waals surface area contributed by atoms with E-state index in [2.05, 4.69) is 12.2 Å². The van der Waals surface area contributed by atoms with E-state index in [1.165, 1.54) is 6.42 Å². The summed E-state index contributed by atoms with van der Waals surface area (Å²) in [5.41, 5.74) is 0.0530. The summed E-state index contributed by atoms with van der Waals surface area (Å²) in [5, 5.41) is 2.98. The Labute approximate surface area is 79.8 Å². The number of nitrogens with one attached hydrogen (secondary N) is 1. The molecule has 1 aliphatic carbocycles. The minimum absolute atomic E-state index is 0.0101. The lowest BCUT2D eigenvalue weighted by Gasteiger charge is -2.39. The van der Waals surface area contributed by atoms with E-state index >= 15 is 0 Å². The second kappa shape index (κ2) is 4.09. The first-order valence-electron chi connectivity index (χ1n) is 4.94. The van der Waals surface area contributed by atoms with E-state index in [-0.39, 0.29) is 24.2 Å². The van der Waals surface area contributed by atoms with Gasteiger partial charge in [0, 0.05) is 5.54 Å². The highest BCUT2D eigenvalue weighted by Crippen LogP contribution is 2.30. The minimum Gasteiger partial charge on any atom is -0.369 e. The molecular formula is C10H19NO2. The molecule has 0 bridgehead atoms. The largest absolute Gasteiger partial charge is 0.369 e. The van der Waals surface area contributed by atoms with Crippen LogP contribution in [0.25, 0.3) is 0 Å². The Balaban J connectivity index is 2.17. The molecule has 1 saturated carbocycles. The monoisotopic (exact) mass is 185 g/mol. The van der Waals surface area contributed by atoms with Gasteiger partial charge in [-0.3, -0.25) is 4.79 Å². The predicted molar refractivity (Wildman–Crippen MR) is 51.5 cm³/mol. The zero-order valence-corrected chi connectivity index (χ0v) is 8.72. The van der Waals surface area contributed by atoms with Crippen LogP contribution in [0.2, 0.25) is 0 Å². The fourth-order valence-electron chi connectivity index (χ4n) is 1.45. The first-order valence-corrected chi connectivity index (χ1v) is 4.94. The van der Waals surface area contributed by atoms with Gasteiger partial charge in [-0.05, 0) is 40.0 Å². The van der Waals surface area contributed by atoms with Crippen LogP contribution in [0.1, 0.15) is 40.0 Å². The number of carbonyl (C=O) groups is 1. The molecule has 0 aliphatic heterocycles. The predicted octanol–water partition coefficient (Wildman–Crippen LogP) is 1.47.